The molecule has 2 aliphatic carbocycles. The van der Waals surface area contributed by atoms with Crippen LogP contribution in [0, 0.1) is 17.8 Å². The van der Waals surface area contributed by atoms with Crippen molar-refractivity contribution in [2.75, 3.05) is 65.6 Å². The maximum atomic E-state index is 12.5. The van der Waals surface area contributed by atoms with Crippen molar-refractivity contribution in [2.45, 2.75) is 38.6 Å². The highest BCUT2D eigenvalue weighted by molar-refractivity contribution is 5.79. The van der Waals surface area contributed by atoms with Crippen LogP contribution in [0.25, 0.3) is 0 Å². The molecule has 2 saturated heterocycles. The van der Waals surface area contributed by atoms with Gasteiger partial charge in [0, 0.05) is 45.3 Å². The summed E-state index contributed by atoms with van der Waals surface area (Å²) in [6.45, 7) is 9.29. The first-order chi connectivity index (χ1) is 13.6. The number of hydrogen-bond acceptors (Lipinski definition) is 5. The molecular weight excluding hydrogens is 356 g/mol. The number of hydrogen-bond donors (Lipinski definition) is 1. The van der Waals surface area contributed by atoms with E-state index in [4.69, 9.17) is 4.74 Å². The van der Waals surface area contributed by atoms with E-state index in [0.29, 0.717) is 51.4 Å². The molecule has 4 fully saturated rings. The number of piperazine rings is 1. The van der Waals surface area contributed by atoms with Crippen LogP contribution >= 0.6 is 0 Å². The van der Waals surface area contributed by atoms with Crippen molar-refractivity contribution < 1.29 is 14.3 Å². The summed E-state index contributed by atoms with van der Waals surface area (Å²) in [7, 11) is 0. The number of fused-ring (bicyclic) bond motifs is 2. The van der Waals surface area contributed by atoms with Crippen LogP contribution in [0.5, 0.6) is 0 Å². The van der Waals surface area contributed by atoms with Gasteiger partial charge in [0.25, 0.3) is 0 Å². The van der Waals surface area contributed by atoms with E-state index in [1.54, 1.807) is 0 Å². The molecule has 4 aliphatic rings. The standard InChI is InChI=1S/C21H36N4O3/c1-16(19-13-17-2-3-18(19)12-17)22-20(26)14-23-4-6-24(7-5-23)15-21(27)25-8-10-28-11-9-25/h16-19H,2-15H2,1H3,(H,22,26)/t16-,17-,18-,19+/m0/s1. The number of ether oxygens (including phenoxy) is 1. The Kier molecular flexibility index (Phi) is 6.53. The molecule has 7 nitrogen and oxygen atoms in total. The Balaban J connectivity index is 1.14. The van der Waals surface area contributed by atoms with E-state index in [2.05, 4.69) is 22.0 Å². The van der Waals surface area contributed by atoms with E-state index in [1.807, 2.05) is 4.90 Å². The summed E-state index contributed by atoms with van der Waals surface area (Å²) >= 11 is 0. The molecule has 7 heteroatoms. The topological polar surface area (TPSA) is 65.1 Å². The highest BCUT2D eigenvalue weighted by atomic mass is 16.5. The van der Waals surface area contributed by atoms with Gasteiger partial charge < -0.3 is 15.0 Å². The Bertz CT molecular complexity index is 558. The van der Waals surface area contributed by atoms with Crippen LogP contribution in [0.2, 0.25) is 0 Å². The maximum absolute atomic E-state index is 12.5. The van der Waals surface area contributed by atoms with Crippen molar-refractivity contribution in [3.63, 3.8) is 0 Å². The number of morpholine rings is 1. The van der Waals surface area contributed by atoms with Gasteiger partial charge >= 0.3 is 0 Å². The van der Waals surface area contributed by atoms with Crippen LogP contribution in [0.15, 0.2) is 0 Å². The van der Waals surface area contributed by atoms with Gasteiger partial charge in [0.2, 0.25) is 11.8 Å². The number of amides is 2. The fourth-order valence-corrected chi connectivity index (χ4v) is 5.73. The highest BCUT2D eigenvalue weighted by Crippen LogP contribution is 2.49. The highest BCUT2D eigenvalue weighted by Gasteiger charge is 2.42. The number of rotatable bonds is 6. The van der Waals surface area contributed by atoms with Crippen LogP contribution in [-0.2, 0) is 14.3 Å². The van der Waals surface area contributed by atoms with Gasteiger partial charge in [-0.1, -0.05) is 6.42 Å². The third kappa shape index (κ3) is 4.86. The molecule has 2 saturated carbocycles. The van der Waals surface area contributed by atoms with E-state index in [0.717, 1.165) is 38.0 Å². The van der Waals surface area contributed by atoms with Crippen molar-refractivity contribution >= 4 is 11.8 Å². The number of carbonyl (C=O) groups is 2. The molecule has 1 N–H and O–H groups in total. The van der Waals surface area contributed by atoms with Crippen LogP contribution < -0.4 is 5.32 Å². The number of nitrogens with one attached hydrogen (secondary N) is 1. The second kappa shape index (κ2) is 9.09. The van der Waals surface area contributed by atoms with Gasteiger partial charge in [-0.15, -0.1) is 0 Å². The number of carbonyl (C=O) groups excluding carboxylic acids is 2. The Hall–Kier alpha value is -1.18. The van der Waals surface area contributed by atoms with Crippen LogP contribution in [0.4, 0.5) is 0 Å². The smallest absolute Gasteiger partial charge is 0.236 e. The Labute approximate surface area is 168 Å². The zero-order valence-corrected chi connectivity index (χ0v) is 17.3. The number of nitrogens with zero attached hydrogens (tertiary/aromatic N) is 3. The molecule has 4 rings (SSSR count). The van der Waals surface area contributed by atoms with Gasteiger partial charge in [-0.3, -0.25) is 19.4 Å². The molecule has 2 aliphatic heterocycles. The quantitative estimate of drug-likeness (QED) is 0.709. The first-order valence-electron chi connectivity index (χ1n) is 11.2. The summed E-state index contributed by atoms with van der Waals surface area (Å²) in [6, 6.07) is 0.301. The summed E-state index contributed by atoms with van der Waals surface area (Å²) in [6.07, 6.45) is 5.46. The fraction of sp³-hybridized carbons (Fsp3) is 0.905. The lowest BCUT2D eigenvalue weighted by atomic mass is 9.84. The monoisotopic (exact) mass is 392 g/mol. The molecule has 158 valence electrons. The zero-order chi connectivity index (χ0) is 19.5. The van der Waals surface area contributed by atoms with Crippen LogP contribution in [0.1, 0.15) is 32.6 Å². The predicted molar refractivity (Wildman–Crippen MR) is 107 cm³/mol. The molecular formula is C21H36N4O3. The summed E-state index contributed by atoms with van der Waals surface area (Å²) in [4.78, 5) is 31.2. The van der Waals surface area contributed by atoms with Gasteiger partial charge in [-0.25, -0.2) is 0 Å². The molecule has 0 unspecified atom stereocenters. The zero-order valence-electron chi connectivity index (χ0n) is 17.3. The molecule has 4 atom stereocenters. The van der Waals surface area contributed by atoms with E-state index < -0.39 is 0 Å². The lowest BCUT2D eigenvalue weighted by molar-refractivity contribution is -0.137. The van der Waals surface area contributed by atoms with Crippen molar-refractivity contribution in [2.24, 2.45) is 17.8 Å². The van der Waals surface area contributed by atoms with Crippen molar-refractivity contribution in [3.8, 4) is 0 Å². The van der Waals surface area contributed by atoms with Gasteiger partial charge in [-0.2, -0.15) is 0 Å². The lowest BCUT2D eigenvalue weighted by Crippen LogP contribution is -2.53. The largest absolute Gasteiger partial charge is 0.378 e. The fourth-order valence-electron chi connectivity index (χ4n) is 5.73. The summed E-state index contributed by atoms with van der Waals surface area (Å²) in [5, 5.41) is 3.27. The molecule has 0 spiro atoms. The average Bonchev–Trinajstić information content (AvgIpc) is 3.34. The second-order valence-electron chi connectivity index (χ2n) is 9.24. The summed E-state index contributed by atoms with van der Waals surface area (Å²) in [5.41, 5.74) is 0. The lowest BCUT2D eigenvalue weighted by Gasteiger charge is -2.36. The Morgan fingerprint density at radius 3 is 2.25 bits per heavy atom. The average molecular weight is 393 g/mol. The van der Waals surface area contributed by atoms with Crippen molar-refractivity contribution in [3.05, 3.63) is 0 Å². The molecule has 0 aromatic carbocycles. The molecule has 28 heavy (non-hydrogen) atoms. The first-order valence-corrected chi connectivity index (χ1v) is 11.2. The van der Waals surface area contributed by atoms with Gasteiger partial charge in [0.1, 0.15) is 0 Å². The SMILES string of the molecule is C[C@H](NC(=O)CN1CCN(CC(=O)N2CCOCC2)CC1)[C@H]1C[C@H]2CC[C@H]1C2. The van der Waals surface area contributed by atoms with Gasteiger partial charge in [0.05, 0.1) is 26.3 Å². The summed E-state index contributed by atoms with van der Waals surface area (Å²) in [5.74, 6) is 2.81. The van der Waals surface area contributed by atoms with E-state index in [9.17, 15) is 9.59 Å². The second-order valence-corrected chi connectivity index (χ2v) is 9.24. The third-order valence-electron chi connectivity index (χ3n) is 7.38. The Morgan fingerprint density at radius 1 is 0.964 bits per heavy atom. The molecule has 0 aromatic heterocycles. The van der Waals surface area contributed by atoms with Gasteiger partial charge in [0.15, 0.2) is 0 Å². The van der Waals surface area contributed by atoms with Crippen molar-refractivity contribution in [1.29, 1.82) is 0 Å². The van der Waals surface area contributed by atoms with E-state index in [1.165, 1.54) is 25.7 Å². The molecule has 0 radical (unpaired) electrons. The van der Waals surface area contributed by atoms with Crippen LogP contribution in [-0.4, -0.2) is 98.1 Å². The molecule has 2 amide bonds. The predicted octanol–water partition coefficient (Wildman–Crippen LogP) is 0.404. The minimum Gasteiger partial charge on any atom is -0.378 e. The summed E-state index contributed by atoms with van der Waals surface area (Å²) < 4.78 is 5.31. The van der Waals surface area contributed by atoms with E-state index in [-0.39, 0.29) is 11.8 Å². The Morgan fingerprint density at radius 2 is 1.64 bits per heavy atom. The normalized spacial score (nSPS) is 32.5. The molecule has 0 aromatic rings. The van der Waals surface area contributed by atoms with E-state index >= 15 is 0 Å². The maximum Gasteiger partial charge on any atom is 0.236 e. The minimum atomic E-state index is 0.160. The third-order valence-corrected chi connectivity index (χ3v) is 7.38. The first kappa shape index (κ1) is 20.1. The van der Waals surface area contributed by atoms with Crippen molar-refractivity contribution in [1.82, 2.24) is 20.0 Å². The van der Waals surface area contributed by atoms with Crippen LogP contribution in [0.3, 0.4) is 0 Å². The van der Waals surface area contributed by atoms with Gasteiger partial charge in [-0.05, 0) is 43.9 Å². The molecule has 2 heterocycles. The molecule has 2 bridgehead atoms. The minimum absolute atomic E-state index is 0.160.